The second kappa shape index (κ2) is 12.5. The van der Waals surface area contributed by atoms with Crippen LogP contribution in [0, 0.1) is 11.8 Å². The van der Waals surface area contributed by atoms with E-state index in [1.54, 1.807) is 22.9 Å². The first-order valence-electron chi connectivity index (χ1n) is 14.5. The van der Waals surface area contributed by atoms with Gasteiger partial charge in [-0.2, -0.15) is 31.4 Å². The number of alkyl halides is 8. The maximum absolute atomic E-state index is 14.0. The third-order valence-corrected chi connectivity index (χ3v) is 8.09. The molecule has 2 amide bonds. The van der Waals surface area contributed by atoms with Gasteiger partial charge in [0.05, 0.1) is 48.1 Å². The zero-order valence-electron chi connectivity index (χ0n) is 23.8. The zero-order valence-corrected chi connectivity index (χ0v) is 23.8. The highest BCUT2D eigenvalue weighted by atomic mass is 19.4. The number of nitrogens with one attached hydrogen (secondary N) is 2. The lowest BCUT2D eigenvalue weighted by molar-refractivity contribution is -0.144. The number of carbonyl (C=O) groups excluding carboxylic acids is 2. The van der Waals surface area contributed by atoms with Gasteiger partial charge in [0, 0.05) is 44.4 Å². The van der Waals surface area contributed by atoms with Gasteiger partial charge in [-0.3, -0.25) is 18.7 Å². The SMILES string of the molecule is O=C(CCC(F)(F)F)NC(c1ccn2cc([C@@H](NC(=O)c3cnn(CCC(F)(F)F)c3)C3CCC(F)(F)CC3)nc2n1)C1CC1. The van der Waals surface area contributed by atoms with E-state index >= 15 is 0 Å². The number of fused-ring (bicyclic) bond motifs is 1. The number of aromatic nitrogens is 5. The molecule has 0 aromatic carbocycles. The molecule has 3 aromatic heterocycles. The Kier molecular flexibility index (Phi) is 9.08. The Balaban J connectivity index is 1.36. The molecule has 0 aliphatic heterocycles. The Morgan fingerprint density at radius 3 is 2.16 bits per heavy atom. The molecule has 3 heterocycles. The quantitative estimate of drug-likeness (QED) is 0.245. The third-order valence-electron chi connectivity index (χ3n) is 8.09. The van der Waals surface area contributed by atoms with E-state index in [0.717, 1.165) is 23.7 Å². The predicted molar refractivity (Wildman–Crippen MR) is 142 cm³/mol. The van der Waals surface area contributed by atoms with Gasteiger partial charge < -0.3 is 10.6 Å². The molecule has 3 aromatic rings. The molecule has 17 heteroatoms. The van der Waals surface area contributed by atoms with Crippen LogP contribution in [0.3, 0.4) is 0 Å². The molecule has 2 aliphatic rings. The molecule has 2 aliphatic carbocycles. The van der Waals surface area contributed by atoms with Crippen molar-refractivity contribution < 1.29 is 44.7 Å². The van der Waals surface area contributed by atoms with Gasteiger partial charge in [0.25, 0.3) is 5.91 Å². The van der Waals surface area contributed by atoms with Gasteiger partial charge in [0.2, 0.25) is 17.6 Å². The number of hydrogen-bond acceptors (Lipinski definition) is 5. The molecule has 9 nitrogen and oxygen atoms in total. The van der Waals surface area contributed by atoms with Crippen LogP contribution in [-0.4, -0.2) is 54.2 Å². The first kappa shape index (κ1) is 32.6. The molecule has 0 saturated heterocycles. The smallest absolute Gasteiger partial charge is 0.347 e. The topological polar surface area (TPSA) is 106 Å². The molecule has 2 N–H and O–H groups in total. The van der Waals surface area contributed by atoms with Crippen molar-refractivity contribution in [3.63, 3.8) is 0 Å². The zero-order chi connectivity index (χ0) is 32.6. The summed E-state index contributed by atoms with van der Waals surface area (Å²) in [5, 5.41) is 9.26. The fraction of sp³-hybridized carbons (Fsp3) is 0.607. The molecule has 45 heavy (non-hydrogen) atoms. The number of rotatable bonds is 11. The average Bonchev–Trinajstić information content (AvgIpc) is 3.52. The minimum Gasteiger partial charge on any atom is -0.347 e. The van der Waals surface area contributed by atoms with Gasteiger partial charge in [-0.05, 0) is 43.6 Å². The lowest BCUT2D eigenvalue weighted by Gasteiger charge is -2.33. The molecule has 0 bridgehead atoms. The first-order chi connectivity index (χ1) is 21.1. The predicted octanol–water partition coefficient (Wildman–Crippen LogP) is 6.08. The number of halogens is 8. The molecule has 1 unspecified atom stereocenters. The van der Waals surface area contributed by atoms with E-state index in [9.17, 15) is 44.7 Å². The van der Waals surface area contributed by atoms with E-state index in [-0.39, 0.29) is 30.1 Å². The molecule has 2 saturated carbocycles. The van der Waals surface area contributed by atoms with E-state index in [1.165, 1.54) is 6.20 Å². The molecule has 246 valence electrons. The van der Waals surface area contributed by atoms with Crippen LogP contribution in [0.5, 0.6) is 0 Å². The van der Waals surface area contributed by atoms with Crippen LogP contribution < -0.4 is 10.6 Å². The summed E-state index contributed by atoms with van der Waals surface area (Å²) in [6.07, 6.45) is -5.65. The van der Waals surface area contributed by atoms with E-state index in [2.05, 4.69) is 25.7 Å². The highest BCUT2D eigenvalue weighted by Gasteiger charge is 2.40. The molecular formula is C28H31F8N7O2. The van der Waals surface area contributed by atoms with Crippen molar-refractivity contribution in [3.8, 4) is 0 Å². The summed E-state index contributed by atoms with van der Waals surface area (Å²) >= 11 is 0. The van der Waals surface area contributed by atoms with Gasteiger partial charge >= 0.3 is 12.4 Å². The molecule has 0 spiro atoms. The van der Waals surface area contributed by atoms with Gasteiger partial charge in [-0.1, -0.05) is 0 Å². The Bertz CT molecular complexity index is 1500. The van der Waals surface area contributed by atoms with Crippen LogP contribution in [-0.2, 0) is 11.3 Å². The summed E-state index contributed by atoms with van der Waals surface area (Å²) in [6.45, 7) is -0.483. The second-order valence-corrected chi connectivity index (χ2v) is 11.7. The van der Waals surface area contributed by atoms with E-state index in [4.69, 9.17) is 0 Å². The van der Waals surface area contributed by atoms with Crippen molar-refractivity contribution >= 4 is 17.6 Å². The summed E-state index contributed by atoms with van der Waals surface area (Å²) in [6, 6.07) is 0.134. The summed E-state index contributed by atoms with van der Waals surface area (Å²) < 4.78 is 106. The molecular weight excluding hydrogens is 618 g/mol. The van der Waals surface area contributed by atoms with Crippen molar-refractivity contribution in [2.45, 2.75) is 94.7 Å². The fourth-order valence-electron chi connectivity index (χ4n) is 5.49. The van der Waals surface area contributed by atoms with Crippen LogP contribution in [0.15, 0.2) is 30.9 Å². The monoisotopic (exact) mass is 649 g/mol. The van der Waals surface area contributed by atoms with Crippen LogP contribution in [0.1, 0.15) is 91.6 Å². The van der Waals surface area contributed by atoms with Gasteiger partial charge in [0.1, 0.15) is 0 Å². The normalized spacial score (nSPS) is 18.9. The van der Waals surface area contributed by atoms with Gasteiger partial charge in [-0.15, -0.1) is 0 Å². The fourth-order valence-corrected chi connectivity index (χ4v) is 5.49. The van der Waals surface area contributed by atoms with Crippen LogP contribution >= 0.6 is 0 Å². The number of hydrogen-bond donors (Lipinski definition) is 2. The second-order valence-electron chi connectivity index (χ2n) is 11.7. The Morgan fingerprint density at radius 1 is 0.889 bits per heavy atom. The number of imidazole rings is 1. The van der Waals surface area contributed by atoms with Crippen molar-refractivity contribution in [1.82, 2.24) is 34.8 Å². The Morgan fingerprint density at radius 2 is 1.51 bits per heavy atom. The number of amides is 2. The maximum atomic E-state index is 14.0. The van der Waals surface area contributed by atoms with Crippen molar-refractivity contribution in [2.75, 3.05) is 0 Å². The number of carbonyl (C=O) groups is 2. The van der Waals surface area contributed by atoms with Crippen molar-refractivity contribution in [2.24, 2.45) is 11.8 Å². The minimum absolute atomic E-state index is 0.00258. The summed E-state index contributed by atoms with van der Waals surface area (Å²) in [7, 11) is 0. The standard InChI is InChI=1S/C28H31F8N7O2/c29-26(30)7-3-17(4-8-26)23(41-24(45)18-13-37-43(14-18)12-10-28(34,35)36)20-15-42-11-6-19(38-25(42)39-20)22(16-1-2-16)40-21(44)5-9-27(31,32)33/h6,11,13-17,22-23H,1-5,7-10,12H2,(H,40,44)(H,41,45)/t22?,23-/m0/s1. The van der Waals surface area contributed by atoms with Crippen molar-refractivity contribution in [1.29, 1.82) is 0 Å². The van der Waals surface area contributed by atoms with Crippen LogP contribution in [0.2, 0.25) is 0 Å². The highest BCUT2D eigenvalue weighted by Crippen LogP contribution is 2.42. The van der Waals surface area contributed by atoms with E-state index in [0.29, 0.717) is 11.4 Å². The first-order valence-corrected chi connectivity index (χ1v) is 14.5. The largest absolute Gasteiger partial charge is 0.390 e. The molecule has 2 atom stereocenters. The Hall–Kier alpha value is -3.79. The lowest BCUT2D eigenvalue weighted by atomic mass is 9.81. The average molecular weight is 650 g/mol. The minimum atomic E-state index is -4.47. The molecule has 0 radical (unpaired) electrons. The van der Waals surface area contributed by atoms with Crippen LogP contribution in [0.4, 0.5) is 35.1 Å². The third kappa shape index (κ3) is 8.90. The van der Waals surface area contributed by atoms with E-state index in [1.807, 2.05) is 0 Å². The van der Waals surface area contributed by atoms with Gasteiger partial charge in [0.15, 0.2) is 0 Å². The lowest BCUT2D eigenvalue weighted by Crippen LogP contribution is -2.37. The summed E-state index contributed by atoms with van der Waals surface area (Å²) in [5.74, 6) is -4.55. The highest BCUT2D eigenvalue weighted by molar-refractivity contribution is 5.94. The summed E-state index contributed by atoms with van der Waals surface area (Å²) in [4.78, 5) is 34.5. The van der Waals surface area contributed by atoms with Crippen LogP contribution in [0.25, 0.3) is 5.78 Å². The maximum Gasteiger partial charge on any atom is 0.390 e. The van der Waals surface area contributed by atoms with Gasteiger partial charge in [-0.25, -0.2) is 18.7 Å². The Labute approximate surface area is 251 Å². The molecule has 5 rings (SSSR count). The molecule has 2 fully saturated rings. The number of aryl methyl sites for hydroxylation is 1. The number of nitrogens with zero attached hydrogens (tertiary/aromatic N) is 5. The van der Waals surface area contributed by atoms with E-state index < -0.39 is 86.7 Å². The van der Waals surface area contributed by atoms with Crippen molar-refractivity contribution in [3.05, 3.63) is 47.8 Å². The summed E-state index contributed by atoms with van der Waals surface area (Å²) in [5.41, 5.74) is 0.692.